The first kappa shape index (κ1) is 14.9. The molecule has 0 aromatic rings. The first-order valence-corrected chi connectivity index (χ1v) is 6.04. The second-order valence-corrected chi connectivity index (χ2v) is 4.55. The summed E-state index contributed by atoms with van der Waals surface area (Å²) in [6.45, 7) is 1.79. The lowest BCUT2D eigenvalue weighted by Gasteiger charge is -2.36. The standard InChI is InChI=1S/C11H20N2O5/c14-4-2-12-9-5-8(11(17)18)6-13(7-9)3-1-10(15)16/h8-9,12,14H,1-7H2,(H,15,16)(H,17,18). The average Bonchev–Trinajstić information content (AvgIpc) is 2.33. The molecule has 0 aromatic carbocycles. The molecule has 0 bridgehead atoms. The van der Waals surface area contributed by atoms with E-state index in [9.17, 15) is 9.59 Å². The van der Waals surface area contributed by atoms with E-state index in [0.717, 1.165) is 0 Å². The van der Waals surface area contributed by atoms with Gasteiger partial charge in [-0.3, -0.25) is 9.59 Å². The Hall–Kier alpha value is -1.18. The largest absolute Gasteiger partial charge is 0.481 e. The molecule has 7 nitrogen and oxygen atoms in total. The van der Waals surface area contributed by atoms with Gasteiger partial charge >= 0.3 is 11.9 Å². The maximum absolute atomic E-state index is 11.0. The van der Waals surface area contributed by atoms with E-state index in [1.165, 1.54) is 0 Å². The highest BCUT2D eigenvalue weighted by Gasteiger charge is 2.31. The number of carboxylic acids is 2. The van der Waals surface area contributed by atoms with Crippen molar-refractivity contribution in [2.45, 2.75) is 18.9 Å². The van der Waals surface area contributed by atoms with E-state index in [1.54, 1.807) is 0 Å². The minimum absolute atomic E-state index is 0.00334. The number of aliphatic hydroxyl groups is 1. The summed E-state index contributed by atoms with van der Waals surface area (Å²) in [7, 11) is 0. The van der Waals surface area contributed by atoms with Crippen LogP contribution in [0.2, 0.25) is 0 Å². The van der Waals surface area contributed by atoms with Crippen LogP contribution in [0.3, 0.4) is 0 Å². The molecule has 7 heteroatoms. The number of aliphatic hydroxyl groups excluding tert-OH is 1. The summed E-state index contributed by atoms with van der Waals surface area (Å²) in [5.74, 6) is -2.22. The number of rotatable bonds is 7. The molecule has 0 radical (unpaired) electrons. The Labute approximate surface area is 105 Å². The van der Waals surface area contributed by atoms with Crippen molar-refractivity contribution in [1.29, 1.82) is 0 Å². The van der Waals surface area contributed by atoms with Crippen LogP contribution in [0.4, 0.5) is 0 Å². The van der Waals surface area contributed by atoms with Gasteiger partial charge in [0.1, 0.15) is 0 Å². The van der Waals surface area contributed by atoms with Crippen molar-refractivity contribution in [3.63, 3.8) is 0 Å². The van der Waals surface area contributed by atoms with E-state index in [1.807, 2.05) is 4.90 Å². The highest BCUT2D eigenvalue weighted by Crippen LogP contribution is 2.17. The summed E-state index contributed by atoms with van der Waals surface area (Å²) in [5.41, 5.74) is 0. The second kappa shape index (κ2) is 7.30. The van der Waals surface area contributed by atoms with Crippen molar-refractivity contribution in [2.24, 2.45) is 5.92 Å². The molecule has 4 N–H and O–H groups in total. The number of carbonyl (C=O) groups is 2. The zero-order chi connectivity index (χ0) is 13.5. The number of nitrogens with one attached hydrogen (secondary N) is 1. The van der Waals surface area contributed by atoms with Gasteiger partial charge in [0.25, 0.3) is 0 Å². The van der Waals surface area contributed by atoms with Gasteiger partial charge in [-0.25, -0.2) is 0 Å². The summed E-state index contributed by atoms with van der Waals surface area (Å²) in [6.07, 6.45) is 0.526. The van der Waals surface area contributed by atoms with E-state index in [4.69, 9.17) is 15.3 Å². The fourth-order valence-corrected chi connectivity index (χ4v) is 2.22. The Balaban J connectivity index is 2.50. The molecule has 1 rings (SSSR count). The Kier molecular flexibility index (Phi) is 6.03. The molecule has 0 aliphatic carbocycles. The number of piperidine rings is 1. The van der Waals surface area contributed by atoms with Gasteiger partial charge in [0.15, 0.2) is 0 Å². The predicted molar refractivity (Wildman–Crippen MR) is 63.3 cm³/mol. The minimum atomic E-state index is -0.882. The summed E-state index contributed by atoms with van der Waals surface area (Å²) < 4.78 is 0. The topological polar surface area (TPSA) is 110 Å². The van der Waals surface area contributed by atoms with Crippen molar-refractivity contribution in [3.8, 4) is 0 Å². The third-order valence-electron chi connectivity index (χ3n) is 3.06. The fourth-order valence-electron chi connectivity index (χ4n) is 2.22. The number of hydrogen-bond acceptors (Lipinski definition) is 5. The van der Waals surface area contributed by atoms with Crippen molar-refractivity contribution in [2.75, 3.05) is 32.8 Å². The third-order valence-corrected chi connectivity index (χ3v) is 3.06. The number of hydrogen-bond donors (Lipinski definition) is 4. The van der Waals surface area contributed by atoms with E-state index in [-0.39, 0.29) is 19.1 Å². The molecular formula is C11H20N2O5. The molecule has 18 heavy (non-hydrogen) atoms. The molecule has 1 aliphatic heterocycles. The van der Waals surface area contributed by atoms with Crippen LogP contribution in [0, 0.1) is 5.92 Å². The highest BCUT2D eigenvalue weighted by molar-refractivity contribution is 5.70. The summed E-state index contributed by atoms with van der Waals surface area (Å²) in [4.78, 5) is 23.4. The Morgan fingerprint density at radius 3 is 2.56 bits per heavy atom. The summed E-state index contributed by atoms with van der Waals surface area (Å²) >= 11 is 0. The van der Waals surface area contributed by atoms with Gasteiger partial charge in [0, 0.05) is 32.2 Å². The molecule has 104 valence electrons. The molecule has 1 heterocycles. The number of aliphatic carboxylic acids is 2. The molecule has 0 spiro atoms. The molecule has 2 atom stereocenters. The molecule has 2 unspecified atom stereocenters. The molecule has 1 saturated heterocycles. The zero-order valence-electron chi connectivity index (χ0n) is 10.2. The fraction of sp³-hybridized carbons (Fsp3) is 0.818. The van der Waals surface area contributed by atoms with E-state index >= 15 is 0 Å². The van der Waals surface area contributed by atoms with Crippen molar-refractivity contribution >= 4 is 11.9 Å². The quantitative estimate of drug-likeness (QED) is 0.456. The number of nitrogens with zero attached hydrogens (tertiary/aromatic N) is 1. The minimum Gasteiger partial charge on any atom is -0.481 e. The maximum Gasteiger partial charge on any atom is 0.307 e. The van der Waals surface area contributed by atoms with Crippen molar-refractivity contribution < 1.29 is 24.9 Å². The molecular weight excluding hydrogens is 240 g/mol. The molecule has 0 amide bonds. The summed E-state index contributed by atoms with van der Waals surface area (Å²) in [6, 6.07) is -0.0132. The monoisotopic (exact) mass is 260 g/mol. The Morgan fingerprint density at radius 2 is 2.00 bits per heavy atom. The van der Waals surface area contributed by atoms with Crippen LogP contribution in [0.5, 0.6) is 0 Å². The van der Waals surface area contributed by atoms with E-state index < -0.39 is 17.9 Å². The van der Waals surface area contributed by atoms with Gasteiger partial charge in [0.2, 0.25) is 0 Å². The smallest absolute Gasteiger partial charge is 0.307 e. The lowest BCUT2D eigenvalue weighted by Crippen LogP contribution is -2.51. The van der Waals surface area contributed by atoms with Gasteiger partial charge in [0.05, 0.1) is 18.9 Å². The molecule has 1 fully saturated rings. The van der Waals surface area contributed by atoms with Gasteiger partial charge in [-0.1, -0.05) is 0 Å². The molecule has 0 saturated carbocycles. The van der Waals surface area contributed by atoms with Gasteiger partial charge < -0.3 is 25.5 Å². The third kappa shape index (κ3) is 4.99. The van der Waals surface area contributed by atoms with Crippen molar-refractivity contribution in [1.82, 2.24) is 10.2 Å². The Bertz CT molecular complexity index is 297. The number of carboxylic acid groups (broad SMARTS) is 2. The Morgan fingerprint density at radius 1 is 1.28 bits per heavy atom. The first-order chi connectivity index (χ1) is 8.52. The van der Waals surface area contributed by atoms with Crippen LogP contribution in [-0.2, 0) is 9.59 Å². The van der Waals surface area contributed by atoms with Crippen LogP contribution in [0.1, 0.15) is 12.8 Å². The van der Waals surface area contributed by atoms with Crippen LogP contribution in [-0.4, -0.2) is 71.0 Å². The lowest BCUT2D eigenvalue weighted by atomic mass is 9.94. The van der Waals surface area contributed by atoms with E-state index in [2.05, 4.69) is 5.32 Å². The van der Waals surface area contributed by atoms with E-state index in [0.29, 0.717) is 32.6 Å². The van der Waals surface area contributed by atoms with Crippen LogP contribution in [0.15, 0.2) is 0 Å². The van der Waals surface area contributed by atoms with Gasteiger partial charge in [-0.15, -0.1) is 0 Å². The van der Waals surface area contributed by atoms with Crippen LogP contribution in [0.25, 0.3) is 0 Å². The predicted octanol–water partition coefficient (Wildman–Crippen LogP) is -1.18. The van der Waals surface area contributed by atoms with Crippen LogP contribution < -0.4 is 5.32 Å². The average molecular weight is 260 g/mol. The normalized spacial score (nSPS) is 24.9. The van der Waals surface area contributed by atoms with Gasteiger partial charge in [-0.05, 0) is 6.42 Å². The SMILES string of the molecule is O=C(O)CCN1CC(NCCO)CC(C(=O)O)C1. The van der Waals surface area contributed by atoms with Crippen molar-refractivity contribution in [3.05, 3.63) is 0 Å². The molecule has 1 aliphatic rings. The zero-order valence-corrected chi connectivity index (χ0v) is 10.2. The second-order valence-electron chi connectivity index (χ2n) is 4.55. The lowest BCUT2D eigenvalue weighted by molar-refractivity contribution is -0.144. The summed E-state index contributed by atoms with van der Waals surface area (Å²) in [5, 5.41) is 29.5. The van der Waals surface area contributed by atoms with Gasteiger partial charge in [-0.2, -0.15) is 0 Å². The highest BCUT2D eigenvalue weighted by atomic mass is 16.4. The van der Waals surface area contributed by atoms with Crippen LogP contribution >= 0.6 is 0 Å². The number of likely N-dealkylation sites (tertiary alicyclic amines) is 1. The first-order valence-electron chi connectivity index (χ1n) is 6.04. The maximum atomic E-state index is 11.0. The molecule has 0 aromatic heterocycles.